The zero-order valence-corrected chi connectivity index (χ0v) is 8.32. The molecule has 0 saturated heterocycles. The molecule has 0 aliphatic rings. The second-order valence-electron chi connectivity index (χ2n) is 2.71. The van der Waals surface area contributed by atoms with Crippen LogP contribution in [0.1, 0.15) is 29.1 Å². The Kier molecular flexibility index (Phi) is 3.72. The maximum Gasteiger partial charge on any atom is 0.0774 e. The lowest BCUT2D eigenvalue weighted by atomic mass is 10.2. The minimum absolute atomic E-state index is 0.158. The average Bonchev–Trinajstić information content (AvgIpc) is 2.55. The Morgan fingerprint density at radius 3 is 2.75 bits per heavy atom. The number of nitrogens with one attached hydrogen (secondary N) is 1. The first-order valence-electron chi connectivity index (χ1n) is 4.18. The van der Waals surface area contributed by atoms with Crippen molar-refractivity contribution >= 4 is 11.3 Å². The van der Waals surface area contributed by atoms with Crippen molar-refractivity contribution in [3.05, 3.63) is 21.9 Å². The van der Waals surface area contributed by atoms with Gasteiger partial charge in [0.05, 0.1) is 6.61 Å². The molecule has 0 radical (unpaired) electrons. The quantitative estimate of drug-likeness (QED) is 0.751. The van der Waals surface area contributed by atoms with Crippen molar-refractivity contribution in [3.63, 3.8) is 0 Å². The number of thiophene rings is 1. The summed E-state index contributed by atoms with van der Waals surface area (Å²) in [5.74, 6) is 0. The highest BCUT2D eigenvalue weighted by Gasteiger charge is 2.08. The molecule has 12 heavy (non-hydrogen) atoms. The highest BCUT2D eigenvalue weighted by atomic mass is 32.1. The summed E-state index contributed by atoms with van der Waals surface area (Å²) < 4.78 is 0. The molecule has 1 atom stereocenters. The van der Waals surface area contributed by atoms with Crippen molar-refractivity contribution in [1.29, 1.82) is 0 Å². The minimum atomic E-state index is 0.158. The van der Waals surface area contributed by atoms with Gasteiger partial charge in [-0.25, -0.2) is 0 Å². The Hall–Kier alpha value is -0.380. The summed E-state index contributed by atoms with van der Waals surface area (Å²) in [5.41, 5.74) is 0. The van der Waals surface area contributed by atoms with Crippen LogP contribution in [0.5, 0.6) is 0 Å². The lowest BCUT2D eigenvalue weighted by Gasteiger charge is -2.10. The van der Waals surface area contributed by atoms with E-state index in [0.717, 1.165) is 11.3 Å². The number of rotatable bonds is 4. The van der Waals surface area contributed by atoms with Gasteiger partial charge in [-0.15, -0.1) is 11.3 Å². The van der Waals surface area contributed by atoms with Crippen LogP contribution in [0.25, 0.3) is 0 Å². The number of aliphatic hydroxyl groups excluding tert-OH is 1. The first-order chi connectivity index (χ1) is 5.81. The van der Waals surface area contributed by atoms with E-state index in [0.29, 0.717) is 6.04 Å². The Labute approximate surface area is 77.2 Å². The molecule has 1 aromatic rings. The van der Waals surface area contributed by atoms with Gasteiger partial charge in [0, 0.05) is 15.8 Å². The molecule has 0 bridgehead atoms. The molecule has 1 rings (SSSR count). The normalized spacial score (nSPS) is 13.2. The van der Waals surface area contributed by atoms with Crippen LogP contribution < -0.4 is 5.32 Å². The van der Waals surface area contributed by atoms with Crippen LogP contribution >= 0.6 is 11.3 Å². The van der Waals surface area contributed by atoms with Crippen LogP contribution in [-0.4, -0.2) is 12.2 Å². The van der Waals surface area contributed by atoms with E-state index in [4.69, 9.17) is 5.11 Å². The van der Waals surface area contributed by atoms with Gasteiger partial charge in [-0.1, -0.05) is 6.92 Å². The highest BCUT2D eigenvalue weighted by Crippen LogP contribution is 2.24. The summed E-state index contributed by atoms with van der Waals surface area (Å²) in [6, 6.07) is 4.51. The molecule has 1 heterocycles. The Morgan fingerprint density at radius 1 is 1.58 bits per heavy atom. The fraction of sp³-hybridized carbons (Fsp3) is 0.556. The minimum Gasteiger partial charge on any atom is -0.391 e. The molecule has 0 fully saturated rings. The molecule has 1 aromatic heterocycles. The van der Waals surface area contributed by atoms with Crippen LogP contribution in [0.2, 0.25) is 0 Å². The molecule has 0 aliphatic carbocycles. The molecule has 0 amide bonds. The zero-order valence-electron chi connectivity index (χ0n) is 7.50. The van der Waals surface area contributed by atoms with Gasteiger partial charge >= 0.3 is 0 Å². The van der Waals surface area contributed by atoms with Gasteiger partial charge in [-0.2, -0.15) is 0 Å². The van der Waals surface area contributed by atoms with Crippen molar-refractivity contribution in [1.82, 2.24) is 5.32 Å². The predicted molar refractivity (Wildman–Crippen MR) is 52.3 cm³/mol. The number of hydrogen-bond acceptors (Lipinski definition) is 3. The average molecular weight is 185 g/mol. The molecule has 2 nitrogen and oxygen atoms in total. The standard InChI is InChI=1S/C9H15NOS/c1-3-8(10-2)9-5-4-7(6-11)12-9/h4-5,8,10-11H,3,6H2,1-2H3. The van der Waals surface area contributed by atoms with Gasteiger partial charge < -0.3 is 10.4 Å². The third-order valence-corrected chi connectivity index (χ3v) is 3.12. The zero-order chi connectivity index (χ0) is 8.97. The van der Waals surface area contributed by atoms with Crippen molar-refractivity contribution in [2.45, 2.75) is 26.0 Å². The van der Waals surface area contributed by atoms with Crippen LogP contribution in [0, 0.1) is 0 Å². The third kappa shape index (κ3) is 2.06. The van der Waals surface area contributed by atoms with E-state index in [1.54, 1.807) is 11.3 Å². The molecular weight excluding hydrogens is 170 g/mol. The Balaban J connectivity index is 2.72. The lowest BCUT2D eigenvalue weighted by molar-refractivity contribution is 0.285. The maximum absolute atomic E-state index is 8.87. The van der Waals surface area contributed by atoms with E-state index in [2.05, 4.69) is 18.3 Å². The van der Waals surface area contributed by atoms with E-state index in [9.17, 15) is 0 Å². The molecule has 68 valence electrons. The van der Waals surface area contributed by atoms with Crippen LogP contribution in [0.3, 0.4) is 0 Å². The summed E-state index contributed by atoms with van der Waals surface area (Å²) in [4.78, 5) is 2.35. The molecule has 3 heteroatoms. The number of aliphatic hydroxyl groups is 1. The summed E-state index contributed by atoms with van der Waals surface area (Å²) in [5, 5.41) is 12.1. The smallest absolute Gasteiger partial charge is 0.0774 e. The summed E-state index contributed by atoms with van der Waals surface area (Å²) in [6.45, 7) is 2.31. The largest absolute Gasteiger partial charge is 0.391 e. The van der Waals surface area contributed by atoms with Crippen molar-refractivity contribution in [2.24, 2.45) is 0 Å². The summed E-state index contributed by atoms with van der Waals surface area (Å²) in [6.07, 6.45) is 1.09. The van der Waals surface area contributed by atoms with Crippen LogP contribution in [0.15, 0.2) is 12.1 Å². The molecule has 2 N–H and O–H groups in total. The fourth-order valence-electron chi connectivity index (χ4n) is 1.21. The highest BCUT2D eigenvalue weighted by molar-refractivity contribution is 7.12. The van der Waals surface area contributed by atoms with E-state index < -0.39 is 0 Å². The fourth-order valence-corrected chi connectivity index (χ4v) is 2.28. The first-order valence-corrected chi connectivity index (χ1v) is 5.00. The van der Waals surface area contributed by atoms with Crippen molar-refractivity contribution in [3.8, 4) is 0 Å². The second-order valence-corrected chi connectivity index (χ2v) is 3.91. The molecular formula is C9H15NOS. The van der Waals surface area contributed by atoms with Gasteiger partial charge in [0.1, 0.15) is 0 Å². The summed E-state index contributed by atoms with van der Waals surface area (Å²) in [7, 11) is 1.96. The molecule has 1 unspecified atom stereocenters. The molecule has 0 aliphatic heterocycles. The van der Waals surface area contributed by atoms with E-state index in [-0.39, 0.29) is 6.61 Å². The summed E-state index contributed by atoms with van der Waals surface area (Å²) >= 11 is 1.68. The monoisotopic (exact) mass is 185 g/mol. The number of hydrogen-bond donors (Lipinski definition) is 2. The second kappa shape index (κ2) is 4.60. The van der Waals surface area contributed by atoms with E-state index in [1.807, 2.05) is 13.1 Å². The molecule has 0 saturated carbocycles. The molecule has 0 spiro atoms. The van der Waals surface area contributed by atoms with Gasteiger partial charge in [0.15, 0.2) is 0 Å². The van der Waals surface area contributed by atoms with Gasteiger partial charge in [-0.3, -0.25) is 0 Å². The Bertz CT molecular complexity index is 230. The lowest BCUT2D eigenvalue weighted by Crippen LogP contribution is -2.13. The maximum atomic E-state index is 8.87. The van der Waals surface area contributed by atoms with Crippen molar-refractivity contribution in [2.75, 3.05) is 7.05 Å². The van der Waals surface area contributed by atoms with E-state index in [1.165, 1.54) is 4.88 Å². The predicted octanol–water partition coefficient (Wildman–Crippen LogP) is 1.91. The Morgan fingerprint density at radius 2 is 2.33 bits per heavy atom. The van der Waals surface area contributed by atoms with Gasteiger partial charge in [0.2, 0.25) is 0 Å². The first kappa shape index (κ1) is 9.71. The topological polar surface area (TPSA) is 32.3 Å². The van der Waals surface area contributed by atoms with E-state index >= 15 is 0 Å². The third-order valence-electron chi connectivity index (χ3n) is 1.94. The van der Waals surface area contributed by atoms with Gasteiger partial charge in [-0.05, 0) is 25.6 Å². The molecule has 0 aromatic carbocycles. The van der Waals surface area contributed by atoms with Crippen molar-refractivity contribution < 1.29 is 5.11 Å². The SMILES string of the molecule is CCC(NC)c1ccc(CO)s1. The van der Waals surface area contributed by atoms with Crippen LogP contribution in [-0.2, 0) is 6.61 Å². The van der Waals surface area contributed by atoms with Crippen LogP contribution in [0.4, 0.5) is 0 Å². The van der Waals surface area contributed by atoms with Gasteiger partial charge in [0.25, 0.3) is 0 Å².